The van der Waals surface area contributed by atoms with E-state index in [9.17, 15) is 0 Å². The fourth-order valence-corrected chi connectivity index (χ4v) is 1.81. The van der Waals surface area contributed by atoms with Gasteiger partial charge in [-0.2, -0.15) is 5.26 Å². The predicted molar refractivity (Wildman–Crippen MR) is 56.9 cm³/mol. The molecule has 2 aromatic rings. The number of fused-ring (bicyclic) bond motifs is 1. The summed E-state index contributed by atoms with van der Waals surface area (Å²) < 4.78 is 2.19. The molecule has 0 saturated heterocycles. The summed E-state index contributed by atoms with van der Waals surface area (Å²) in [5, 5.41) is 9.82. The van der Waals surface area contributed by atoms with Crippen molar-refractivity contribution >= 4 is 10.9 Å². The van der Waals surface area contributed by atoms with Crippen LogP contribution in [0.15, 0.2) is 30.3 Å². The maximum atomic E-state index is 8.56. The first-order valence-electron chi connectivity index (χ1n) is 4.75. The van der Waals surface area contributed by atoms with Crippen molar-refractivity contribution in [2.75, 3.05) is 0 Å². The van der Waals surface area contributed by atoms with Gasteiger partial charge in [-0.15, -0.1) is 0 Å². The average molecular weight is 184 g/mol. The van der Waals surface area contributed by atoms with Crippen LogP contribution in [0.25, 0.3) is 10.9 Å². The van der Waals surface area contributed by atoms with Gasteiger partial charge >= 0.3 is 0 Å². The highest BCUT2D eigenvalue weighted by Gasteiger charge is 2.03. The lowest BCUT2D eigenvalue weighted by Gasteiger charge is -2.04. The van der Waals surface area contributed by atoms with Crippen molar-refractivity contribution < 1.29 is 0 Å². The fourth-order valence-electron chi connectivity index (χ4n) is 1.81. The lowest BCUT2D eigenvalue weighted by atomic mass is 10.2. The Morgan fingerprint density at radius 2 is 2.14 bits per heavy atom. The highest BCUT2D eigenvalue weighted by Crippen LogP contribution is 2.19. The maximum absolute atomic E-state index is 8.56. The molecule has 14 heavy (non-hydrogen) atoms. The molecule has 1 heterocycles. The van der Waals surface area contributed by atoms with E-state index in [0.29, 0.717) is 6.42 Å². The molecule has 0 bridgehead atoms. The highest BCUT2D eigenvalue weighted by molar-refractivity contribution is 5.81. The van der Waals surface area contributed by atoms with E-state index in [-0.39, 0.29) is 0 Å². The van der Waals surface area contributed by atoms with Crippen LogP contribution in [0, 0.1) is 18.3 Å². The largest absolute Gasteiger partial charge is 0.344 e. The van der Waals surface area contributed by atoms with Gasteiger partial charge in [0, 0.05) is 17.8 Å². The first-order valence-corrected chi connectivity index (χ1v) is 4.75. The lowest BCUT2D eigenvalue weighted by Crippen LogP contribution is -1.98. The molecule has 0 aliphatic carbocycles. The Bertz CT molecular complexity index is 488. The van der Waals surface area contributed by atoms with Crippen molar-refractivity contribution in [2.24, 2.45) is 0 Å². The van der Waals surface area contributed by atoms with Crippen LogP contribution >= 0.6 is 0 Å². The Labute approximate surface area is 83.4 Å². The van der Waals surface area contributed by atoms with Gasteiger partial charge in [-0.25, -0.2) is 0 Å². The van der Waals surface area contributed by atoms with E-state index in [1.165, 1.54) is 16.6 Å². The zero-order chi connectivity index (χ0) is 9.97. The summed E-state index contributed by atoms with van der Waals surface area (Å²) in [6.45, 7) is 2.87. The predicted octanol–water partition coefficient (Wildman–Crippen LogP) is 2.86. The molecule has 0 aliphatic heterocycles. The summed E-state index contributed by atoms with van der Waals surface area (Å²) in [4.78, 5) is 0. The summed E-state index contributed by atoms with van der Waals surface area (Å²) in [5.74, 6) is 0. The lowest BCUT2D eigenvalue weighted by molar-refractivity contribution is 0.722. The molecule has 2 heteroatoms. The minimum Gasteiger partial charge on any atom is -0.344 e. The second-order valence-electron chi connectivity index (χ2n) is 3.40. The van der Waals surface area contributed by atoms with Crippen molar-refractivity contribution in [3.05, 3.63) is 36.0 Å². The third-order valence-corrected chi connectivity index (χ3v) is 2.46. The average Bonchev–Trinajstić information content (AvgIpc) is 2.51. The molecule has 0 aliphatic rings. The van der Waals surface area contributed by atoms with E-state index in [1.807, 2.05) is 12.1 Å². The Morgan fingerprint density at radius 3 is 2.93 bits per heavy atom. The Hall–Kier alpha value is -1.75. The molecule has 2 nitrogen and oxygen atoms in total. The van der Waals surface area contributed by atoms with Gasteiger partial charge < -0.3 is 4.57 Å². The number of hydrogen-bond acceptors (Lipinski definition) is 1. The first-order chi connectivity index (χ1) is 6.83. The monoisotopic (exact) mass is 184 g/mol. The zero-order valence-corrected chi connectivity index (χ0v) is 8.20. The van der Waals surface area contributed by atoms with Crippen LogP contribution in [0.3, 0.4) is 0 Å². The summed E-state index contributed by atoms with van der Waals surface area (Å²) in [5.41, 5.74) is 2.45. The van der Waals surface area contributed by atoms with Crippen molar-refractivity contribution in [3.63, 3.8) is 0 Å². The topological polar surface area (TPSA) is 28.7 Å². The van der Waals surface area contributed by atoms with Crippen molar-refractivity contribution in [2.45, 2.75) is 19.9 Å². The van der Waals surface area contributed by atoms with Crippen LogP contribution < -0.4 is 0 Å². The van der Waals surface area contributed by atoms with Gasteiger partial charge in [-0.3, -0.25) is 0 Å². The van der Waals surface area contributed by atoms with Gasteiger partial charge in [0.25, 0.3) is 0 Å². The quantitative estimate of drug-likeness (QED) is 0.705. The summed E-state index contributed by atoms with van der Waals surface area (Å²) in [6.07, 6.45) is 0.569. The molecule has 0 fully saturated rings. The molecule has 1 aromatic heterocycles. The molecule has 0 N–H and O–H groups in total. The molecule has 0 saturated carbocycles. The minimum atomic E-state index is 0.569. The molecule has 0 radical (unpaired) electrons. The van der Waals surface area contributed by atoms with Crippen molar-refractivity contribution in [1.29, 1.82) is 5.26 Å². The van der Waals surface area contributed by atoms with E-state index >= 15 is 0 Å². The van der Waals surface area contributed by atoms with E-state index in [1.54, 1.807) is 0 Å². The van der Waals surface area contributed by atoms with Gasteiger partial charge in [0.15, 0.2) is 0 Å². The number of benzene rings is 1. The normalized spacial score (nSPS) is 10.3. The number of rotatable bonds is 2. The van der Waals surface area contributed by atoms with E-state index in [4.69, 9.17) is 5.26 Å². The second kappa shape index (κ2) is 3.55. The van der Waals surface area contributed by atoms with E-state index in [2.05, 4.69) is 35.8 Å². The molecule has 0 atom stereocenters. The third-order valence-electron chi connectivity index (χ3n) is 2.46. The summed E-state index contributed by atoms with van der Waals surface area (Å²) in [7, 11) is 0. The SMILES string of the molecule is Cc1cc2ccccc2n1CCC#N. The number of aromatic nitrogens is 1. The second-order valence-corrected chi connectivity index (χ2v) is 3.40. The van der Waals surface area contributed by atoms with Crippen LogP contribution in [0.1, 0.15) is 12.1 Å². The smallest absolute Gasteiger partial charge is 0.0640 e. The van der Waals surface area contributed by atoms with Crippen LogP contribution in [-0.4, -0.2) is 4.57 Å². The number of nitriles is 1. The minimum absolute atomic E-state index is 0.569. The number of aryl methyl sites for hydroxylation is 2. The summed E-state index contributed by atoms with van der Waals surface area (Å²) in [6, 6.07) is 12.6. The van der Waals surface area contributed by atoms with Crippen LogP contribution in [0.2, 0.25) is 0 Å². The van der Waals surface area contributed by atoms with Crippen molar-refractivity contribution in [1.82, 2.24) is 4.57 Å². The first kappa shape index (κ1) is 8.83. The number of para-hydroxylation sites is 1. The summed E-state index contributed by atoms with van der Waals surface area (Å²) >= 11 is 0. The van der Waals surface area contributed by atoms with Crippen LogP contribution in [0.5, 0.6) is 0 Å². The van der Waals surface area contributed by atoms with Gasteiger partial charge in [0.1, 0.15) is 0 Å². The third kappa shape index (κ3) is 1.38. The van der Waals surface area contributed by atoms with E-state index in [0.717, 1.165) is 6.54 Å². The van der Waals surface area contributed by atoms with E-state index < -0.39 is 0 Å². The zero-order valence-electron chi connectivity index (χ0n) is 8.20. The van der Waals surface area contributed by atoms with Gasteiger partial charge in [-0.1, -0.05) is 18.2 Å². The van der Waals surface area contributed by atoms with Crippen molar-refractivity contribution in [3.8, 4) is 6.07 Å². The molecule has 0 amide bonds. The molecule has 1 aromatic carbocycles. The number of hydrogen-bond donors (Lipinski definition) is 0. The van der Waals surface area contributed by atoms with Crippen LogP contribution in [0.4, 0.5) is 0 Å². The molecule has 70 valence electrons. The standard InChI is InChI=1S/C12H12N2/c1-10-9-11-5-2-3-6-12(11)14(10)8-4-7-13/h2-3,5-6,9H,4,8H2,1H3. The molecule has 0 unspecified atom stereocenters. The Kier molecular flexibility index (Phi) is 2.24. The fraction of sp³-hybridized carbons (Fsp3) is 0.250. The Balaban J connectivity index is 2.52. The van der Waals surface area contributed by atoms with Gasteiger partial charge in [0.05, 0.1) is 12.5 Å². The Morgan fingerprint density at radius 1 is 1.36 bits per heavy atom. The maximum Gasteiger partial charge on any atom is 0.0640 e. The molecule has 2 rings (SSSR count). The van der Waals surface area contributed by atoms with Gasteiger partial charge in [0.2, 0.25) is 0 Å². The molecular formula is C12H12N2. The number of nitrogens with zero attached hydrogens (tertiary/aromatic N) is 2. The molecule has 0 spiro atoms. The van der Waals surface area contributed by atoms with Gasteiger partial charge in [-0.05, 0) is 24.4 Å². The molecular weight excluding hydrogens is 172 g/mol. The highest BCUT2D eigenvalue weighted by atomic mass is 15.0. The van der Waals surface area contributed by atoms with Crippen LogP contribution in [-0.2, 0) is 6.54 Å².